The Morgan fingerprint density at radius 2 is 1.82 bits per heavy atom. The molecule has 1 saturated heterocycles. The number of hydrogen-bond donors (Lipinski definition) is 2. The second kappa shape index (κ2) is 15.7. The minimum Gasteiger partial charge on any atom is -0.469 e. The molecule has 2 heterocycles. The Balaban J connectivity index is 0.00000385. The molecule has 1 aliphatic heterocycles. The van der Waals surface area contributed by atoms with Gasteiger partial charge in [-0.1, -0.05) is 30.3 Å². The van der Waals surface area contributed by atoms with Crippen molar-refractivity contribution in [2.24, 2.45) is 4.99 Å². The van der Waals surface area contributed by atoms with Crippen LogP contribution in [-0.2, 0) is 22.4 Å². The summed E-state index contributed by atoms with van der Waals surface area (Å²) < 4.78 is 10.4. The lowest BCUT2D eigenvalue weighted by molar-refractivity contribution is -0.122. The van der Waals surface area contributed by atoms with Crippen LogP contribution >= 0.6 is 24.0 Å². The van der Waals surface area contributed by atoms with Crippen LogP contribution in [0.15, 0.2) is 58.1 Å². The van der Waals surface area contributed by atoms with Gasteiger partial charge in [0.25, 0.3) is 0 Å². The summed E-state index contributed by atoms with van der Waals surface area (Å²) in [6.07, 6.45) is 3.42. The molecule has 0 aliphatic carbocycles. The topological polar surface area (TPSA) is 82.3 Å². The van der Waals surface area contributed by atoms with Crippen LogP contribution in [0.2, 0.25) is 0 Å². The smallest absolute Gasteiger partial charge is 0.234 e. The Morgan fingerprint density at radius 3 is 2.52 bits per heavy atom. The largest absolute Gasteiger partial charge is 0.469 e. The zero-order chi connectivity index (χ0) is 22.4. The minimum absolute atomic E-state index is 0. The maximum atomic E-state index is 12.1. The number of guanidine groups is 1. The van der Waals surface area contributed by atoms with Crippen molar-refractivity contribution >= 4 is 35.8 Å². The van der Waals surface area contributed by atoms with E-state index in [4.69, 9.17) is 14.1 Å². The van der Waals surface area contributed by atoms with Crippen LogP contribution in [-0.4, -0.2) is 87.7 Å². The van der Waals surface area contributed by atoms with Crippen LogP contribution in [0.25, 0.3) is 0 Å². The van der Waals surface area contributed by atoms with E-state index in [-0.39, 0.29) is 29.9 Å². The van der Waals surface area contributed by atoms with E-state index in [9.17, 15) is 4.79 Å². The Morgan fingerprint density at radius 1 is 1.03 bits per heavy atom. The summed E-state index contributed by atoms with van der Waals surface area (Å²) >= 11 is 0. The second-order valence-electron chi connectivity index (χ2n) is 7.80. The van der Waals surface area contributed by atoms with E-state index >= 15 is 0 Å². The molecule has 2 aromatic rings. The number of carbonyl (C=O) groups is 1. The third-order valence-corrected chi connectivity index (χ3v) is 5.41. The zero-order valence-electron chi connectivity index (χ0n) is 19.4. The van der Waals surface area contributed by atoms with E-state index in [1.807, 2.05) is 18.2 Å². The number of carbonyl (C=O) groups excluding carboxylic acids is 1. The van der Waals surface area contributed by atoms with E-state index in [2.05, 4.69) is 44.7 Å². The number of nitrogens with one attached hydrogen (secondary N) is 2. The predicted molar refractivity (Wildman–Crippen MR) is 141 cm³/mol. The molecule has 2 N–H and O–H groups in total. The van der Waals surface area contributed by atoms with E-state index in [1.54, 1.807) is 13.4 Å². The number of ether oxygens (including phenoxy) is 1. The molecule has 1 aromatic heterocycles. The normalized spacial score (nSPS) is 14.6. The number of rotatable bonds is 11. The first-order valence-electron chi connectivity index (χ1n) is 11.3. The van der Waals surface area contributed by atoms with Gasteiger partial charge in [0.2, 0.25) is 5.91 Å². The van der Waals surface area contributed by atoms with E-state index in [1.165, 1.54) is 5.56 Å². The fraction of sp³-hybridized carbons (Fsp3) is 0.500. The van der Waals surface area contributed by atoms with Crippen LogP contribution in [0.4, 0.5) is 0 Å². The second-order valence-corrected chi connectivity index (χ2v) is 7.80. The zero-order valence-corrected chi connectivity index (χ0v) is 21.7. The van der Waals surface area contributed by atoms with Gasteiger partial charge in [-0.05, 0) is 24.1 Å². The van der Waals surface area contributed by atoms with Crippen LogP contribution in [0.3, 0.4) is 0 Å². The standard InChI is InChI=1S/C24H35N5O3.HI/c1-31-19-13-25-23(30)20-28-14-16-29(17-15-28)24(27-12-10-22-8-5-18-32-22)26-11-9-21-6-3-2-4-7-21;/h2-8,18H,9-17,19-20H2,1H3,(H,25,30)(H,26,27);1H. The summed E-state index contributed by atoms with van der Waals surface area (Å²) in [5.41, 5.74) is 1.30. The summed E-state index contributed by atoms with van der Waals surface area (Å²) in [7, 11) is 1.63. The number of methoxy groups -OCH3 is 1. The number of aliphatic imine (C=N–C) groups is 1. The van der Waals surface area contributed by atoms with Gasteiger partial charge in [-0.15, -0.1) is 24.0 Å². The monoisotopic (exact) mass is 569 g/mol. The maximum Gasteiger partial charge on any atom is 0.234 e. The lowest BCUT2D eigenvalue weighted by Gasteiger charge is -2.36. The molecule has 182 valence electrons. The Hall–Kier alpha value is -2.11. The molecule has 8 nitrogen and oxygen atoms in total. The summed E-state index contributed by atoms with van der Waals surface area (Å²) in [6, 6.07) is 14.3. The quantitative estimate of drug-likeness (QED) is 0.187. The lowest BCUT2D eigenvalue weighted by Crippen LogP contribution is -2.54. The SMILES string of the molecule is COCCNC(=O)CN1CCN(C(=NCCc2ccco2)NCCc2ccccc2)CC1.I. The fourth-order valence-corrected chi connectivity index (χ4v) is 3.63. The molecule has 0 radical (unpaired) electrons. The summed E-state index contributed by atoms with van der Waals surface area (Å²) in [5.74, 6) is 1.92. The highest BCUT2D eigenvalue weighted by molar-refractivity contribution is 14.0. The third kappa shape index (κ3) is 10.1. The molecule has 0 unspecified atom stereocenters. The average Bonchev–Trinajstić information content (AvgIpc) is 3.33. The van der Waals surface area contributed by atoms with Gasteiger partial charge in [0.1, 0.15) is 5.76 Å². The highest BCUT2D eigenvalue weighted by Gasteiger charge is 2.21. The first kappa shape index (κ1) is 27.1. The molecule has 0 atom stereocenters. The van der Waals surface area contributed by atoms with Crippen molar-refractivity contribution < 1.29 is 13.9 Å². The summed E-state index contributed by atoms with van der Waals surface area (Å²) in [4.78, 5) is 21.4. The molecule has 33 heavy (non-hydrogen) atoms. The number of halogens is 1. The van der Waals surface area contributed by atoms with Crippen molar-refractivity contribution in [3.63, 3.8) is 0 Å². The van der Waals surface area contributed by atoms with Crippen molar-refractivity contribution in [3.05, 3.63) is 60.1 Å². The molecule has 0 bridgehead atoms. The summed E-state index contributed by atoms with van der Waals surface area (Å²) in [5, 5.41) is 6.43. The molecule has 1 fully saturated rings. The predicted octanol–water partition coefficient (Wildman–Crippen LogP) is 2.01. The van der Waals surface area contributed by atoms with Crippen LogP contribution < -0.4 is 10.6 Å². The van der Waals surface area contributed by atoms with Gasteiger partial charge >= 0.3 is 0 Å². The van der Waals surface area contributed by atoms with Crippen molar-refractivity contribution in [2.45, 2.75) is 12.8 Å². The Labute approximate surface area is 213 Å². The van der Waals surface area contributed by atoms with E-state index in [0.29, 0.717) is 26.2 Å². The van der Waals surface area contributed by atoms with Crippen molar-refractivity contribution in [2.75, 3.05) is 66.1 Å². The fourth-order valence-electron chi connectivity index (χ4n) is 3.63. The molecule has 1 amide bonds. The van der Waals surface area contributed by atoms with Crippen molar-refractivity contribution in [1.82, 2.24) is 20.4 Å². The highest BCUT2D eigenvalue weighted by Crippen LogP contribution is 2.05. The number of furan rings is 1. The van der Waals surface area contributed by atoms with Crippen LogP contribution in [0.5, 0.6) is 0 Å². The molecule has 0 spiro atoms. The van der Waals surface area contributed by atoms with Gasteiger partial charge in [0, 0.05) is 59.3 Å². The van der Waals surface area contributed by atoms with Gasteiger partial charge in [0.15, 0.2) is 5.96 Å². The van der Waals surface area contributed by atoms with Gasteiger partial charge < -0.3 is 24.7 Å². The number of nitrogens with zero attached hydrogens (tertiary/aromatic N) is 3. The molecule has 3 rings (SSSR count). The highest BCUT2D eigenvalue weighted by atomic mass is 127. The molecule has 1 aromatic carbocycles. The van der Waals surface area contributed by atoms with Crippen molar-refractivity contribution in [1.29, 1.82) is 0 Å². The summed E-state index contributed by atoms with van der Waals surface area (Å²) in [6.45, 7) is 6.33. The molecule has 0 saturated carbocycles. The molecule has 1 aliphatic rings. The maximum absolute atomic E-state index is 12.1. The van der Waals surface area contributed by atoms with Gasteiger partial charge in [-0.3, -0.25) is 14.7 Å². The van der Waals surface area contributed by atoms with Gasteiger partial charge in [0.05, 0.1) is 19.4 Å². The molecular weight excluding hydrogens is 533 g/mol. The van der Waals surface area contributed by atoms with Gasteiger partial charge in [-0.25, -0.2) is 0 Å². The van der Waals surface area contributed by atoms with Gasteiger partial charge in [-0.2, -0.15) is 0 Å². The number of hydrogen-bond acceptors (Lipinski definition) is 5. The van der Waals surface area contributed by atoms with E-state index in [0.717, 1.165) is 57.3 Å². The van der Waals surface area contributed by atoms with Crippen LogP contribution in [0.1, 0.15) is 11.3 Å². The number of piperazine rings is 1. The Bertz CT molecular complexity index is 809. The number of benzene rings is 1. The van der Waals surface area contributed by atoms with Crippen LogP contribution in [0, 0.1) is 0 Å². The number of amides is 1. The first-order chi connectivity index (χ1) is 15.7. The molecular formula is C24H36IN5O3. The Kier molecular flexibility index (Phi) is 12.9. The average molecular weight is 569 g/mol. The minimum atomic E-state index is 0. The lowest BCUT2D eigenvalue weighted by atomic mass is 10.1. The van der Waals surface area contributed by atoms with E-state index < -0.39 is 0 Å². The molecule has 9 heteroatoms. The van der Waals surface area contributed by atoms with Crippen molar-refractivity contribution in [3.8, 4) is 0 Å². The first-order valence-corrected chi connectivity index (χ1v) is 11.3. The third-order valence-electron chi connectivity index (χ3n) is 5.41.